The molecule has 1 heterocycles. The van der Waals surface area contributed by atoms with Gasteiger partial charge in [0, 0.05) is 38.2 Å². The SMILES string of the molecule is CNCCNC(=O)CN(CC(=O)N(C)N1Cc2ccccc2C1)c1cc(C(=O)OC(C)(C)C)ccc1Oc1ccc(Cl)cc1. The van der Waals surface area contributed by atoms with Crippen molar-refractivity contribution < 1.29 is 23.9 Å². The molecular formula is C33H40ClN5O5. The zero-order chi connectivity index (χ0) is 31.9. The quantitative estimate of drug-likeness (QED) is 0.223. The van der Waals surface area contributed by atoms with Gasteiger partial charge in [-0.25, -0.2) is 9.80 Å². The Labute approximate surface area is 263 Å². The lowest BCUT2D eigenvalue weighted by molar-refractivity contribution is -0.145. The standard InChI is InChI=1S/C33H40ClN5O5/c1-33(2,3)44-32(42)23-10-15-29(43-27-13-11-26(34)12-14-27)28(18-23)38(21-30(40)36-17-16-35-4)22-31(41)37(5)39-19-24-8-6-7-9-25(24)20-39/h6-15,18,35H,16-17,19-22H2,1-5H3,(H,36,40). The van der Waals surface area contributed by atoms with Gasteiger partial charge in [-0.2, -0.15) is 0 Å². The minimum Gasteiger partial charge on any atom is -0.456 e. The van der Waals surface area contributed by atoms with E-state index in [1.54, 1.807) is 87.2 Å². The molecule has 0 saturated heterocycles. The molecule has 3 aromatic carbocycles. The summed E-state index contributed by atoms with van der Waals surface area (Å²) in [5.74, 6) is -0.206. The van der Waals surface area contributed by atoms with E-state index < -0.39 is 11.6 Å². The van der Waals surface area contributed by atoms with E-state index in [2.05, 4.69) is 22.8 Å². The van der Waals surface area contributed by atoms with Crippen molar-refractivity contribution in [3.8, 4) is 11.5 Å². The van der Waals surface area contributed by atoms with Gasteiger partial charge in [0.25, 0.3) is 5.91 Å². The summed E-state index contributed by atoms with van der Waals surface area (Å²) in [5, 5.41) is 9.97. The second kappa shape index (κ2) is 14.6. The van der Waals surface area contributed by atoms with Crippen LogP contribution in [0.3, 0.4) is 0 Å². The van der Waals surface area contributed by atoms with E-state index in [-0.39, 0.29) is 30.5 Å². The molecule has 0 saturated carbocycles. The molecule has 0 radical (unpaired) electrons. The molecule has 11 heteroatoms. The van der Waals surface area contributed by atoms with Gasteiger partial charge in [-0.3, -0.25) is 14.6 Å². The molecule has 3 aromatic rings. The van der Waals surface area contributed by atoms with Gasteiger partial charge in [-0.15, -0.1) is 0 Å². The number of amides is 2. The molecule has 4 rings (SSSR count). The van der Waals surface area contributed by atoms with Gasteiger partial charge in [0.1, 0.15) is 11.4 Å². The smallest absolute Gasteiger partial charge is 0.338 e. The topological polar surface area (TPSA) is 103 Å². The first kappa shape index (κ1) is 32.8. The Bertz CT molecular complexity index is 1450. The van der Waals surface area contributed by atoms with Crippen LogP contribution in [-0.2, 0) is 27.4 Å². The van der Waals surface area contributed by atoms with Gasteiger partial charge >= 0.3 is 5.97 Å². The minimum absolute atomic E-state index is 0.154. The normalized spacial score (nSPS) is 12.8. The van der Waals surface area contributed by atoms with Crippen molar-refractivity contribution in [2.75, 3.05) is 45.2 Å². The molecule has 234 valence electrons. The number of esters is 1. The molecule has 2 N–H and O–H groups in total. The highest BCUT2D eigenvalue weighted by Crippen LogP contribution is 2.35. The molecular weight excluding hydrogens is 582 g/mol. The first-order chi connectivity index (χ1) is 20.9. The number of rotatable bonds is 12. The number of nitrogens with zero attached hydrogens (tertiary/aromatic N) is 3. The van der Waals surface area contributed by atoms with Crippen molar-refractivity contribution in [3.63, 3.8) is 0 Å². The van der Waals surface area contributed by atoms with E-state index in [1.165, 1.54) is 0 Å². The van der Waals surface area contributed by atoms with Crippen LogP contribution in [0.2, 0.25) is 5.02 Å². The van der Waals surface area contributed by atoms with Crippen molar-refractivity contribution >= 4 is 35.1 Å². The summed E-state index contributed by atoms with van der Waals surface area (Å²) in [7, 11) is 3.52. The number of ether oxygens (including phenoxy) is 2. The van der Waals surface area contributed by atoms with Gasteiger partial charge in [0.2, 0.25) is 5.91 Å². The Kier molecular flexibility index (Phi) is 10.9. The van der Waals surface area contributed by atoms with Gasteiger partial charge < -0.3 is 25.0 Å². The lowest BCUT2D eigenvalue weighted by Crippen LogP contribution is -2.48. The molecule has 44 heavy (non-hydrogen) atoms. The van der Waals surface area contributed by atoms with Crippen molar-refractivity contribution in [1.29, 1.82) is 0 Å². The second-order valence-corrected chi connectivity index (χ2v) is 12.0. The number of hydrogen-bond acceptors (Lipinski definition) is 8. The van der Waals surface area contributed by atoms with Crippen LogP contribution in [0, 0.1) is 0 Å². The summed E-state index contributed by atoms with van der Waals surface area (Å²) >= 11 is 6.07. The Morgan fingerprint density at radius 1 is 0.932 bits per heavy atom. The molecule has 0 unspecified atom stereocenters. The molecule has 0 aliphatic carbocycles. The van der Waals surface area contributed by atoms with Gasteiger partial charge in [-0.1, -0.05) is 35.9 Å². The Morgan fingerprint density at radius 3 is 2.20 bits per heavy atom. The molecule has 0 aromatic heterocycles. The zero-order valence-electron chi connectivity index (χ0n) is 25.9. The molecule has 1 aliphatic rings. The van der Waals surface area contributed by atoms with Gasteiger partial charge in [0.05, 0.1) is 24.3 Å². The van der Waals surface area contributed by atoms with Crippen LogP contribution in [0.1, 0.15) is 42.3 Å². The fourth-order valence-electron chi connectivity index (χ4n) is 4.68. The van der Waals surface area contributed by atoms with E-state index in [1.807, 2.05) is 17.1 Å². The van der Waals surface area contributed by atoms with Gasteiger partial charge in [0.15, 0.2) is 5.75 Å². The summed E-state index contributed by atoms with van der Waals surface area (Å²) in [6, 6.07) is 19.7. The van der Waals surface area contributed by atoms with Crippen LogP contribution in [0.15, 0.2) is 66.7 Å². The van der Waals surface area contributed by atoms with Gasteiger partial charge in [-0.05, 0) is 81.4 Å². The summed E-state index contributed by atoms with van der Waals surface area (Å²) in [4.78, 5) is 41.6. The second-order valence-electron chi connectivity index (χ2n) is 11.6. The van der Waals surface area contributed by atoms with Crippen LogP contribution in [0.25, 0.3) is 0 Å². The van der Waals surface area contributed by atoms with Crippen LogP contribution in [0.5, 0.6) is 11.5 Å². The van der Waals surface area contributed by atoms with Crippen molar-refractivity contribution in [2.24, 2.45) is 0 Å². The zero-order valence-corrected chi connectivity index (χ0v) is 26.6. The number of hydrogen-bond donors (Lipinski definition) is 2. The summed E-state index contributed by atoms with van der Waals surface area (Å²) in [6.07, 6.45) is 0. The van der Waals surface area contributed by atoms with Crippen LogP contribution < -0.4 is 20.3 Å². The number of anilines is 1. The maximum absolute atomic E-state index is 13.8. The highest BCUT2D eigenvalue weighted by Gasteiger charge is 2.28. The maximum atomic E-state index is 13.8. The molecule has 0 fully saturated rings. The average Bonchev–Trinajstić information content (AvgIpc) is 3.41. The number of nitrogens with one attached hydrogen (secondary N) is 2. The number of carbonyl (C=O) groups excluding carboxylic acids is 3. The maximum Gasteiger partial charge on any atom is 0.338 e. The fraction of sp³-hybridized carbons (Fsp3) is 0.364. The summed E-state index contributed by atoms with van der Waals surface area (Å²) in [5.41, 5.74) is 2.26. The van der Waals surface area contributed by atoms with E-state index in [9.17, 15) is 14.4 Å². The summed E-state index contributed by atoms with van der Waals surface area (Å²) < 4.78 is 11.8. The fourth-order valence-corrected chi connectivity index (χ4v) is 4.80. The third-order valence-electron chi connectivity index (χ3n) is 6.94. The summed E-state index contributed by atoms with van der Waals surface area (Å²) in [6.45, 7) is 7.25. The third kappa shape index (κ3) is 8.95. The number of hydrazine groups is 1. The number of likely N-dealkylation sites (N-methyl/N-ethyl adjacent to an activating group) is 2. The van der Waals surface area contributed by atoms with Crippen molar-refractivity contribution in [1.82, 2.24) is 20.7 Å². The first-order valence-electron chi connectivity index (χ1n) is 14.5. The number of fused-ring (bicyclic) bond motifs is 1. The molecule has 0 atom stereocenters. The average molecular weight is 622 g/mol. The lowest BCUT2D eigenvalue weighted by atomic mass is 10.1. The predicted octanol–water partition coefficient (Wildman–Crippen LogP) is 4.62. The Balaban J connectivity index is 1.67. The Morgan fingerprint density at radius 2 is 1.59 bits per heavy atom. The lowest BCUT2D eigenvalue weighted by Gasteiger charge is -2.32. The molecule has 1 aliphatic heterocycles. The van der Waals surface area contributed by atoms with E-state index in [0.717, 1.165) is 11.1 Å². The van der Waals surface area contributed by atoms with Crippen LogP contribution >= 0.6 is 11.6 Å². The largest absolute Gasteiger partial charge is 0.456 e. The number of halogens is 1. The third-order valence-corrected chi connectivity index (χ3v) is 7.19. The molecule has 0 spiro atoms. The molecule has 10 nitrogen and oxygen atoms in total. The number of benzene rings is 3. The van der Waals surface area contributed by atoms with Crippen LogP contribution in [-0.4, -0.2) is 73.7 Å². The first-order valence-corrected chi connectivity index (χ1v) is 14.9. The Hall–Kier alpha value is -4.12. The van der Waals surface area contributed by atoms with E-state index in [4.69, 9.17) is 21.1 Å². The van der Waals surface area contributed by atoms with Crippen LogP contribution in [0.4, 0.5) is 5.69 Å². The predicted molar refractivity (Wildman–Crippen MR) is 171 cm³/mol. The highest BCUT2D eigenvalue weighted by molar-refractivity contribution is 6.30. The highest BCUT2D eigenvalue weighted by atomic mass is 35.5. The van der Waals surface area contributed by atoms with E-state index in [0.29, 0.717) is 48.4 Å². The number of carbonyl (C=O) groups is 3. The monoisotopic (exact) mass is 621 g/mol. The molecule has 2 amide bonds. The minimum atomic E-state index is -0.714. The van der Waals surface area contributed by atoms with E-state index >= 15 is 0 Å². The van der Waals surface area contributed by atoms with Crippen molar-refractivity contribution in [2.45, 2.75) is 39.5 Å². The molecule has 0 bridgehead atoms. The van der Waals surface area contributed by atoms with Crippen molar-refractivity contribution in [3.05, 3.63) is 88.4 Å².